The summed E-state index contributed by atoms with van der Waals surface area (Å²) in [5.74, 6) is 1.96. The van der Waals surface area contributed by atoms with Crippen LogP contribution in [0.2, 0.25) is 0 Å². The lowest BCUT2D eigenvalue weighted by atomic mass is 10.1. The van der Waals surface area contributed by atoms with Gasteiger partial charge in [-0.2, -0.15) is 0 Å². The molecule has 0 aliphatic rings. The van der Waals surface area contributed by atoms with E-state index in [0.717, 1.165) is 35.5 Å². The SMILES string of the molecule is CCC(C)Cn1c(CCl)nc2cc(C)cnc21. The molecular formula is C13H18ClN3. The van der Waals surface area contributed by atoms with Crippen molar-refractivity contribution in [1.82, 2.24) is 14.5 Å². The summed E-state index contributed by atoms with van der Waals surface area (Å²) in [5, 5.41) is 0. The molecule has 17 heavy (non-hydrogen) atoms. The Bertz CT molecular complexity index is 519. The number of alkyl halides is 1. The first-order chi connectivity index (χ1) is 8.15. The second-order valence-electron chi connectivity index (χ2n) is 4.64. The zero-order valence-electron chi connectivity index (χ0n) is 10.6. The van der Waals surface area contributed by atoms with E-state index in [-0.39, 0.29) is 0 Å². The van der Waals surface area contributed by atoms with Crippen LogP contribution in [0.1, 0.15) is 31.7 Å². The Balaban J connectivity index is 2.50. The molecule has 3 nitrogen and oxygen atoms in total. The second-order valence-corrected chi connectivity index (χ2v) is 4.91. The summed E-state index contributed by atoms with van der Waals surface area (Å²) < 4.78 is 2.15. The normalized spacial score (nSPS) is 13.2. The van der Waals surface area contributed by atoms with Gasteiger partial charge in [0.1, 0.15) is 11.3 Å². The highest BCUT2D eigenvalue weighted by molar-refractivity contribution is 6.16. The van der Waals surface area contributed by atoms with Crippen LogP contribution in [0.5, 0.6) is 0 Å². The predicted molar refractivity (Wildman–Crippen MR) is 71.3 cm³/mol. The van der Waals surface area contributed by atoms with Crippen molar-refractivity contribution in [3.63, 3.8) is 0 Å². The summed E-state index contributed by atoms with van der Waals surface area (Å²) >= 11 is 5.96. The van der Waals surface area contributed by atoms with Gasteiger partial charge < -0.3 is 4.57 Å². The molecule has 0 saturated carbocycles. The average molecular weight is 252 g/mol. The van der Waals surface area contributed by atoms with Crippen LogP contribution in [0, 0.1) is 12.8 Å². The molecule has 92 valence electrons. The molecule has 0 N–H and O–H groups in total. The summed E-state index contributed by atoms with van der Waals surface area (Å²) in [4.78, 5) is 9.03. The first-order valence-corrected chi connectivity index (χ1v) is 6.56. The number of nitrogens with zero attached hydrogens (tertiary/aromatic N) is 3. The molecule has 0 radical (unpaired) electrons. The van der Waals surface area contributed by atoms with E-state index in [2.05, 4.69) is 34.4 Å². The number of hydrogen-bond acceptors (Lipinski definition) is 2. The number of imidazole rings is 1. The van der Waals surface area contributed by atoms with E-state index in [9.17, 15) is 0 Å². The highest BCUT2D eigenvalue weighted by Gasteiger charge is 2.13. The Morgan fingerprint density at radius 2 is 2.24 bits per heavy atom. The predicted octanol–water partition coefficient (Wildman–Crippen LogP) is 3.52. The van der Waals surface area contributed by atoms with E-state index in [1.165, 1.54) is 0 Å². The fourth-order valence-corrected chi connectivity index (χ4v) is 2.10. The van der Waals surface area contributed by atoms with Crippen molar-refractivity contribution in [2.75, 3.05) is 0 Å². The van der Waals surface area contributed by atoms with Gasteiger partial charge in [0.15, 0.2) is 5.65 Å². The molecule has 1 unspecified atom stereocenters. The van der Waals surface area contributed by atoms with Crippen LogP contribution in [-0.4, -0.2) is 14.5 Å². The number of aromatic nitrogens is 3. The van der Waals surface area contributed by atoms with Crippen LogP contribution >= 0.6 is 11.6 Å². The largest absolute Gasteiger partial charge is 0.311 e. The molecule has 0 fully saturated rings. The van der Waals surface area contributed by atoms with E-state index < -0.39 is 0 Å². The van der Waals surface area contributed by atoms with Gasteiger partial charge in [-0.05, 0) is 24.5 Å². The van der Waals surface area contributed by atoms with E-state index in [0.29, 0.717) is 11.8 Å². The molecule has 0 bridgehead atoms. The average Bonchev–Trinajstić information content (AvgIpc) is 2.66. The molecule has 0 aromatic carbocycles. The Morgan fingerprint density at radius 3 is 2.88 bits per heavy atom. The van der Waals surface area contributed by atoms with Crippen molar-refractivity contribution in [2.45, 2.75) is 39.6 Å². The molecule has 0 amide bonds. The minimum atomic E-state index is 0.436. The minimum Gasteiger partial charge on any atom is -0.311 e. The highest BCUT2D eigenvalue weighted by Crippen LogP contribution is 2.19. The van der Waals surface area contributed by atoms with Crippen molar-refractivity contribution in [1.29, 1.82) is 0 Å². The summed E-state index contributed by atoms with van der Waals surface area (Å²) in [6.07, 6.45) is 3.03. The molecule has 0 spiro atoms. The van der Waals surface area contributed by atoms with Gasteiger partial charge >= 0.3 is 0 Å². The summed E-state index contributed by atoms with van der Waals surface area (Å²) in [5.41, 5.74) is 3.03. The maximum atomic E-state index is 5.96. The Kier molecular flexibility index (Phi) is 3.67. The number of halogens is 1. The number of aryl methyl sites for hydroxylation is 1. The molecule has 2 aromatic rings. The Labute approximate surface area is 107 Å². The van der Waals surface area contributed by atoms with E-state index in [4.69, 9.17) is 11.6 Å². The third kappa shape index (κ3) is 2.44. The van der Waals surface area contributed by atoms with Gasteiger partial charge in [-0.1, -0.05) is 20.3 Å². The van der Waals surface area contributed by atoms with E-state index >= 15 is 0 Å². The van der Waals surface area contributed by atoms with Crippen LogP contribution in [0.3, 0.4) is 0 Å². The zero-order chi connectivity index (χ0) is 12.4. The zero-order valence-corrected chi connectivity index (χ0v) is 11.3. The van der Waals surface area contributed by atoms with Crippen LogP contribution in [-0.2, 0) is 12.4 Å². The number of rotatable bonds is 4. The fourth-order valence-electron chi connectivity index (χ4n) is 1.89. The van der Waals surface area contributed by atoms with Crippen LogP contribution in [0.4, 0.5) is 0 Å². The standard InChI is InChI=1S/C13H18ClN3/c1-4-9(2)8-17-12(6-14)16-11-5-10(3)7-15-13(11)17/h5,7,9H,4,6,8H2,1-3H3. The van der Waals surface area contributed by atoms with Gasteiger partial charge in [-0.3, -0.25) is 0 Å². The first kappa shape index (κ1) is 12.4. The lowest BCUT2D eigenvalue weighted by Crippen LogP contribution is -2.10. The summed E-state index contributed by atoms with van der Waals surface area (Å²) in [7, 11) is 0. The third-order valence-corrected chi connectivity index (χ3v) is 3.35. The number of hydrogen-bond donors (Lipinski definition) is 0. The van der Waals surface area contributed by atoms with Crippen molar-refractivity contribution in [3.8, 4) is 0 Å². The fraction of sp³-hybridized carbons (Fsp3) is 0.538. The van der Waals surface area contributed by atoms with Crippen LogP contribution < -0.4 is 0 Å². The molecule has 1 atom stereocenters. The van der Waals surface area contributed by atoms with Gasteiger partial charge in [0, 0.05) is 12.7 Å². The van der Waals surface area contributed by atoms with Crippen LogP contribution in [0.15, 0.2) is 12.3 Å². The van der Waals surface area contributed by atoms with Crippen molar-refractivity contribution < 1.29 is 0 Å². The van der Waals surface area contributed by atoms with Gasteiger partial charge in [-0.15, -0.1) is 11.6 Å². The van der Waals surface area contributed by atoms with Gasteiger partial charge in [-0.25, -0.2) is 9.97 Å². The molecule has 4 heteroatoms. The molecular weight excluding hydrogens is 234 g/mol. The maximum Gasteiger partial charge on any atom is 0.160 e. The van der Waals surface area contributed by atoms with E-state index in [1.54, 1.807) is 0 Å². The highest BCUT2D eigenvalue weighted by atomic mass is 35.5. The molecule has 0 aliphatic heterocycles. The summed E-state index contributed by atoms with van der Waals surface area (Å²) in [6.45, 7) is 7.39. The van der Waals surface area contributed by atoms with E-state index in [1.807, 2.05) is 13.1 Å². The molecule has 2 heterocycles. The smallest absolute Gasteiger partial charge is 0.160 e. The Hall–Kier alpha value is -1.09. The monoisotopic (exact) mass is 251 g/mol. The molecule has 0 saturated heterocycles. The van der Waals surface area contributed by atoms with Crippen molar-refractivity contribution >= 4 is 22.8 Å². The molecule has 0 aliphatic carbocycles. The third-order valence-electron chi connectivity index (χ3n) is 3.11. The van der Waals surface area contributed by atoms with Crippen molar-refractivity contribution in [3.05, 3.63) is 23.7 Å². The maximum absolute atomic E-state index is 5.96. The van der Waals surface area contributed by atoms with Crippen molar-refractivity contribution in [2.24, 2.45) is 5.92 Å². The quantitative estimate of drug-likeness (QED) is 0.779. The number of pyridine rings is 1. The number of fused-ring (bicyclic) bond motifs is 1. The lowest BCUT2D eigenvalue weighted by molar-refractivity contribution is 0.467. The van der Waals surface area contributed by atoms with Gasteiger partial charge in [0.05, 0.1) is 5.88 Å². The van der Waals surface area contributed by atoms with Gasteiger partial charge in [0.2, 0.25) is 0 Å². The molecule has 2 aromatic heterocycles. The Morgan fingerprint density at radius 1 is 1.47 bits per heavy atom. The second kappa shape index (κ2) is 5.05. The first-order valence-electron chi connectivity index (χ1n) is 6.03. The lowest BCUT2D eigenvalue weighted by Gasteiger charge is -2.12. The van der Waals surface area contributed by atoms with Gasteiger partial charge in [0.25, 0.3) is 0 Å². The summed E-state index contributed by atoms with van der Waals surface area (Å²) in [6, 6.07) is 2.06. The van der Waals surface area contributed by atoms with Crippen LogP contribution in [0.25, 0.3) is 11.2 Å². The topological polar surface area (TPSA) is 30.7 Å². The minimum absolute atomic E-state index is 0.436. The molecule has 2 rings (SSSR count).